The predicted molar refractivity (Wildman–Crippen MR) is 116 cm³/mol. The van der Waals surface area contributed by atoms with Crippen molar-refractivity contribution in [3.63, 3.8) is 0 Å². The van der Waals surface area contributed by atoms with Crippen molar-refractivity contribution in [1.29, 1.82) is 0 Å². The van der Waals surface area contributed by atoms with Gasteiger partial charge in [0.25, 0.3) is 0 Å². The van der Waals surface area contributed by atoms with Gasteiger partial charge in [-0.05, 0) is 6.26 Å². The monoisotopic (exact) mass is 502 g/mol. The third-order valence-electron chi connectivity index (χ3n) is 4.17. The molecule has 1 unspecified atom stereocenters. The van der Waals surface area contributed by atoms with Gasteiger partial charge in [0.2, 0.25) is 0 Å². The molecule has 0 aliphatic carbocycles. The highest BCUT2D eigenvalue weighted by Gasteiger charge is 2.43. The molecule has 2 aromatic heterocycles. The summed E-state index contributed by atoms with van der Waals surface area (Å²) in [6.07, 6.45) is 0.540. The van der Waals surface area contributed by atoms with Crippen LogP contribution in [0.25, 0.3) is 11.2 Å². The number of carbonyl (C=O) groups is 4. The zero-order valence-corrected chi connectivity index (χ0v) is 20.1. The van der Waals surface area contributed by atoms with Crippen LogP contribution in [0, 0.1) is 0 Å². The van der Waals surface area contributed by atoms with E-state index in [0.29, 0.717) is 11.2 Å². The SMILES string of the molecule is CSC([C@H](OC(C)=O)[C@H](OC(C)=O)[C@@H](COC(C)=O)OC(C)=O)n1cnc2c(Cl)ncnc21. The number of hydrogen-bond donors (Lipinski definition) is 0. The van der Waals surface area contributed by atoms with E-state index in [-0.39, 0.29) is 5.15 Å². The summed E-state index contributed by atoms with van der Waals surface area (Å²) in [5.41, 5.74) is 0.636. The van der Waals surface area contributed by atoms with E-state index in [4.69, 9.17) is 30.5 Å². The molecule has 0 aliphatic heterocycles. The third-order valence-corrected chi connectivity index (χ3v) is 5.43. The molecular weight excluding hydrogens is 480 g/mol. The van der Waals surface area contributed by atoms with Gasteiger partial charge in [-0.15, -0.1) is 11.8 Å². The topological polar surface area (TPSA) is 149 Å². The Labute approximate surface area is 198 Å². The van der Waals surface area contributed by atoms with Crippen molar-refractivity contribution in [2.45, 2.75) is 51.4 Å². The quantitative estimate of drug-likeness (QED) is 0.264. The number of fused-ring (bicyclic) bond motifs is 1. The molecule has 0 radical (unpaired) electrons. The highest BCUT2D eigenvalue weighted by atomic mass is 35.5. The lowest BCUT2D eigenvalue weighted by Gasteiger charge is -2.35. The number of aromatic nitrogens is 4. The predicted octanol–water partition coefficient (Wildman–Crippen LogP) is 1.70. The van der Waals surface area contributed by atoms with Crippen LogP contribution in [0.2, 0.25) is 5.15 Å². The Morgan fingerprint density at radius 1 is 0.939 bits per heavy atom. The summed E-state index contributed by atoms with van der Waals surface area (Å²) in [5.74, 6) is -2.80. The molecule has 0 saturated carbocycles. The number of nitrogens with zero attached hydrogens (tertiary/aromatic N) is 4. The minimum absolute atomic E-state index is 0.117. The average Bonchev–Trinajstić information content (AvgIpc) is 3.14. The molecule has 0 N–H and O–H groups in total. The molecule has 12 nitrogen and oxygen atoms in total. The molecule has 0 bridgehead atoms. The van der Waals surface area contributed by atoms with Crippen LogP contribution < -0.4 is 0 Å². The van der Waals surface area contributed by atoms with E-state index in [1.165, 1.54) is 38.3 Å². The van der Waals surface area contributed by atoms with Gasteiger partial charge < -0.3 is 18.9 Å². The maximum Gasteiger partial charge on any atom is 0.303 e. The molecule has 0 spiro atoms. The van der Waals surface area contributed by atoms with Crippen LogP contribution >= 0.6 is 23.4 Å². The van der Waals surface area contributed by atoms with E-state index >= 15 is 0 Å². The molecule has 33 heavy (non-hydrogen) atoms. The Bertz CT molecular complexity index is 1030. The number of rotatable bonds is 10. The van der Waals surface area contributed by atoms with E-state index in [0.717, 1.165) is 13.8 Å². The smallest absolute Gasteiger partial charge is 0.303 e. The van der Waals surface area contributed by atoms with Gasteiger partial charge in [0.05, 0.1) is 6.33 Å². The van der Waals surface area contributed by atoms with Crippen LogP contribution in [0.3, 0.4) is 0 Å². The van der Waals surface area contributed by atoms with Gasteiger partial charge in [-0.3, -0.25) is 23.7 Å². The molecule has 0 amide bonds. The normalized spacial score (nSPS) is 14.6. The van der Waals surface area contributed by atoms with Crippen LogP contribution in [0.1, 0.15) is 33.1 Å². The van der Waals surface area contributed by atoms with E-state index in [9.17, 15) is 19.2 Å². The van der Waals surface area contributed by atoms with E-state index in [1.54, 1.807) is 10.8 Å². The molecule has 2 heterocycles. The van der Waals surface area contributed by atoms with Crippen molar-refractivity contribution < 1.29 is 38.1 Å². The molecule has 0 aliphatic rings. The highest BCUT2D eigenvalue weighted by molar-refractivity contribution is 7.98. The van der Waals surface area contributed by atoms with Crippen LogP contribution in [-0.2, 0) is 38.1 Å². The van der Waals surface area contributed by atoms with E-state index in [2.05, 4.69) is 15.0 Å². The number of esters is 4. The number of thioether (sulfide) groups is 1. The number of ether oxygens (including phenoxy) is 4. The summed E-state index contributed by atoms with van der Waals surface area (Å²) in [6.45, 7) is 4.18. The zero-order chi connectivity index (χ0) is 24.7. The summed E-state index contributed by atoms with van der Waals surface area (Å²) in [6, 6.07) is 0. The fourth-order valence-electron chi connectivity index (χ4n) is 3.05. The van der Waals surface area contributed by atoms with Gasteiger partial charge in [-0.2, -0.15) is 0 Å². The average molecular weight is 503 g/mol. The van der Waals surface area contributed by atoms with Crippen LogP contribution in [-0.4, -0.2) is 74.6 Å². The van der Waals surface area contributed by atoms with Gasteiger partial charge in [0, 0.05) is 27.7 Å². The van der Waals surface area contributed by atoms with Crippen LogP contribution in [0.15, 0.2) is 12.7 Å². The molecule has 2 aromatic rings. The molecule has 4 atom stereocenters. The van der Waals surface area contributed by atoms with Gasteiger partial charge >= 0.3 is 23.9 Å². The lowest BCUT2D eigenvalue weighted by atomic mass is 10.1. The Morgan fingerprint density at radius 3 is 2.09 bits per heavy atom. The highest BCUT2D eigenvalue weighted by Crippen LogP contribution is 2.34. The summed E-state index contributed by atoms with van der Waals surface area (Å²) in [4.78, 5) is 59.4. The fraction of sp³-hybridized carbons (Fsp3) is 0.526. The van der Waals surface area contributed by atoms with Crippen molar-refractivity contribution in [3.8, 4) is 0 Å². The van der Waals surface area contributed by atoms with Gasteiger partial charge in [0.15, 0.2) is 29.1 Å². The maximum atomic E-state index is 12.0. The number of carbonyl (C=O) groups excluding carboxylic acids is 4. The molecular formula is C19H23ClN4O8S. The summed E-state index contributed by atoms with van der Waals surface area (Å²) >= 11 is 7.31. The Hall–Kier alpha value is -2.93. The molecule has 180 valence electrons. The number of hydrogen-bond acceptors (Lipinski definition) is 12. The number of halogens is 1. The second-order valence-corrected chi connectivity index (χ2v) is 8.03. The lowest BCUT2D eigenvalue weighted by molar-refractivity contribution is -0.190. The minimum Gasteiger partial charge on any atom is -0.462 e. The standard InChI is InChI=1S/C19H23ClN4O8S/c1-9(25)29-6-13(30-10(2)26)15(31-11(3)27)16(32-12(4)28)19(33-5)24-8-23-14-17(20)21-7-22-18(14)24/h7-8,13,15-16,19H,6H2,1-5H3/t13-,15-,16-,19?/m1/s1. The van der Waals surface area contributed by atoms with Crippen molar-refractivity contribution >= 4 is 58.4 Å². The van der Waals surface area contributed by atoms with Gasteiger partial charge in [0.1, 0.15) is 23.8 Å². The van der Waals surface area contributed by atoms with Crippen LogP contribution in [0.4, 0.5) is 0 Å². The van der Waals surface area contributed by atoms with Crippen molar-refractivity contribution in [1.82, 2.24) is 19.5 Å². The Balaban J connectivity index is 2.60. The first-order valence-corrected chi connectivity index (χ1v) is 11.2. The maximum absolute atomic E-state index is 12.0. The number of imidazole rings is 1. The minimum atomic E-state index is -1.35. The van der Waals surface area contributed by atoms with Crippen molar-refractivity contribution in [2.24, 2.45) is 0 Å². The Kier molecular flexibility index (Phi) is 9.41. The Morgan fingerprint density at radius 2 is 1.55 bits per heavy atom. The second kappa shape index (κ2) is 11.8. The lowest BCUT2D eigenvalue weighted by Crippen LogP contribution is -2.50. The molecule has 0 aromatic carbocycles. The van der Waals surface area contributed by atoms with E-state index < -0.39 is 54.2 Å². The first kappa shape index (κ1) is 26.3. The van der Waals surface area contributed by atoms with Crippen molar-refractivity contribution in [3.05, 3.63) is 17.8 Å². The first-order chi connectivity index (χ1) is 15.5. The molecule has 0 saturated heterocycles. The first-order valence-electron chi connectivity index (χ1n) is 9.56. The summed E-state index contributed by atoms with van der Waals surface area (Å²) < 4.78 is 22.8. The molecule has 2 rings (SSSR count). The molecule has 0 fully saturated rings. The fourth-order valence-corrected chi connectivity index (χ4v) is 4.09. The molecule has 14 heteroatoms. The second-order valence-electron chi connectivity index (χ2n) is 6.71. The van der Waals surface area contributed by atoms with Crippen molar-refractivity contribution in [2.75, 3.05) is 12.9 Å². The van der Waals surface area contributed by atoms with Gasteiger partial charge in [-0.25, -0.2) is 15.0 Å². The largest absolute Gasteiger partial charge is 0.462 e. The summed E-state index contributed by atoms with van der Waals surface area (Å²) in [5, 5.41) is -0.656. The van der Waals surface area contributed by atoms with Crippen LogP contribution in [0.5, 0.6) is 0 Å². The zero-order valence-electron chi connectivity index (χ0n) is 18.5. The van der Waals surface area contributed by atoms with E-state index in [1.807, 2.05) is 0 Å². The third kappa shape index (κ3) is 7.02. The van der Waals surface area contributed by atoms with Gasteiger partial charge in [-0.1, -0.05) is 11.6 Å². The summed E-state index contributed by atoms with van der Waals surface area (Å²) in [7, 11) is 0.